The van der Waals surface area contributed by atoms with E-state index in [4.69, 9.17) is 5.53 Å². The first kappa shape index (κ1) is 7.50. The lowest BCUT2D eigenvalue weighted by molar-refractivity contribution is 0.595. The summed E-state index contributed by atoms with van der Waals surface area (Å²) in [5, 5.41) is 0. The number of hydrogen-bond donors (Lipinski definition) is 0. The van der Waals surface area contributed by atoms with Crippen molar-refractivity contribution in [1.82, 2.24) is 0 Å². The van der Waals surface area contributed by atoms with E-state index in [2.05, 4.69) is 40.8 Å². The molecular weight excluding hydrogens is 249 g/mol. The Morgan fingerprint density at radius 3 is 2.14 bits per heavy atom. The molecule has 0 aromatic heterocycles. The molecule has 0 aliphatic carbocycles. The predicted octanol–water partition coefficient (Wildman–Crippen LogP) is 3.19. The van der Waals surface area contributed by atoms with Crippen molar-refractivity contribution in [2.45, 2.75) is 0 Å². The van der Waals surface area contributed by atoms with E-state index in [0.29, 0.717) is 0 Å². The Hall–Kier alpha value is 0.500. The molecule has 0 bridgehead atoms. The smallest absolute Gasteiger partial charge is 0.293 e. The zero-order valence-electron chi connectivity index (χ0n) is 2.95. The van der Waals surface area contributed by atoms with Crippen molar-refractivity contribution in [3.8, 4) is 0 Å². The van der Waals surface area contributed by atoms with Gasteiger partial charge in [-0.1, -0.05) is 0 Å². The minimum absolute atomic E-state index is 2.28. The van der Waals surface area contributed by atoms with Gasteiger partial charge >= 0.3 is 0 Å². The number of halogens is 2. The molecule has 0 rings (SSSR count). The van der Waals surface area contributed by atoms with E-state index in [1.54, 1.807) is 0 Å². The third-order valence-electron chi connectivity index (χ3n) is 0.144. The number of nitrogens with zero attached hydrogens (tertiary/aromatic N) is 3. The molecule has 4 nitrogen and oxygen atoms in total. The maximum absolute atomic E-state index is 10.2. The monoisotopic (exact) mass is 247 g/mol. The van der Waals surface area contributed by atoms with Crippen molar-refractivity contribution in [1.29, 1.82) is 0 Å². The lowest BCUT2D eigenvalue weighted by atomic mass is 13.0. The fraction of sp³-hybridized carbons (Fsp3) is 0. The van der Waals surface area contributed by atoms with Crippen LogP contribution in [-0.2, 0) is 4.57 Å². The Balaban J connectivity index is 4.10. The summed E-state index contributed by atoms with van der Waals surface area (Å²) in [4.78, 5) is 5.10. The fourth-order valence-corrected chi connectivity index (χ4v) is 0.520. The number of azide groups is 1. The van der Waals surface area contributed by atoms with E-state index < -0.39 is 4.70 Å². The lowest BCUT2D eigenvalue weighted by Gasteiger charge is -1.81. The van der Waals surface area contributed by atoms with Crippen molar-refractivity contribution in [2.75, 3.05) is 0 Å². The van der Waals surface area contributed by atoms with Crippen LogP contribution in [-0.4, -0.2) is 0 Å². The predicted molar refractivity (Wildman–Crippen MR) is 34.6 cm³/mol. The molecular formula is Br2N3OP. The molecule has 0 saturated carbocycles. The van der Waals surface area contributed by atoms with Gasteiger partial charge in [0, 0.05) is 35.9 Å². The molecule has 0 aliphatic heterocycles. The molecule has 0 spiro atoms. The standard InChI is InChI=1S/Br2N3OP/c1-7(2,6)5-4-3. The van der Waals surface area contributed by atoms with Crippen molar-refractivity contribution < 1.29 is 4.57 Å². The highest BCUT2D eigenvalue weighted by Gasteiger charge is 2.05. The van der Waals surface area contributed by atoms with Crippen LogP contribution in [0.4, 0.5) is 0 Å². The molecule has 40 valence electrons. The summed E-state index contributed by atoms with van der Waals surface area (Å²) in [5.41, 5.74) is 7.63. The molecule has 0 fully saturated rings. The Bertz CT molecular complexity index is 141. The molecule has 0 atom stereocenters. The van der Waals surface area contributed by atoms with Gasteiger partial charge in [0.1, 0.15) is 0 Å². The first-order valence-electron chi connectivity index (χ1n) is 1.12. The number of hydrogen-bond acceptors (Lipinski definition) is 1. The van der Waals surface area contributed by atoms with Crippen LogP contribution in [0.25, 0.3) is 10.4 Å². The van der Waals surface area contributed by atoms with Gasteiger partial charge in [-0.05, 0) is 10.4 Å². The van der Waals surface area contributed by atoms with Crippen LogP contribution in [0.1, 0.15) is 0 Å². The summed E-state index contributed by atoms with van der Waals surface area (Å²) in [6.07, 6.45) is 0. The molecule has 7 heteroatoms. The lowest BCUT2D eigenvalue weighted by Crippen LogP contribution is -1.34. The van der Waals surface area contributed by atoms with Gasteiger partial charge in [0.05, 0.1) is 0 Å². The van der Waals surface area contributed by atoms with E-state index in [9.17, 15) is 4.57 Å². The normalized spacial score (nSPS) is 10.0. The Morgan fingerprint density at radius 1 is 1.71 bits per heavy atom. The average Bonchev–Trinajstić information content (AvgIpc) is 1.30. The van der Waals surface area contributed by atoms with E-state index in [-0.39, 0.29) is 0 Å². The molecule has 7 heavy (non-hydrogen) atoms. The van der Waals surface area contributed by atoms with E-state index in [1.807, 2.05) is 0 Å². The Morgan fingerprint density at radius 2 is 2.14 bits per heavy atom. The number of rotatable bonds is 1. The highest BCUT2D eigenvalue weighted by atomic mass is 79.9. The third-order valence-corrected chi connectivity index (χ3v) is 1.28. The summed E-state index contributed by atoms with van der Waals surface area (Å²) in [6.45, 7) is 0. The molecule has 0 heterocycles. The van der Waals surface area contributed by atoms with Crippen molar-refractivity contribution in [2.24, 2.45) is 4.88 Å². The topological polar surface area (TPSA) is 65.8 Å². The zero-order valence-corrected chi connectivity index (χ0v) is 7.02. The van der Waals surface area contributed by atoms with Crippen LogP contribution in [0.2, 0.25) is 0 Å². The summed E-state index contributed by atoms with van der Waals surface area (Å²) in [6, 6.07) is 0. The summed E-state index contributed by atoms with van der Waals surface area (Å²) >= 11 is 5.18. The van der Waals surface area contributed by atoms with Crippen molar-refractivity contribution in [3.63, 3.8) is 0 Å². The molecule has 0 aromatic carbocycles. The van der Waals surface area contributed by atoms with Gasteiger partial charge in [-0.25, -0.2) is 0 Å². The highest BCUT2D eigenvalue weighted by Crippen LogP contribution is 2.62. The molecule has 0 amide bonds. The molecule has 0 unspecified atom stereocenters. The molecule has 0 aliphatic rings. The first-order valence-corrected chi connectivity index (χ1v) is 6.82. The quantitative estimate of drug-likeness (QED) is 0.304. The average molecular weight is 249 g/mol. The molecule has 0 saturated heterocycles. The minimum atomic E-state index is -2.83. The second kappa shape index (κ2) is 2.72. The van der Waals surface area contributed by atoms with E-state index in [1.165, 1.54) is 0 Å². The van der Waals surface area contributed by atoms with Crippen LogP contribution in [0.3, 0.4) is 0 Å². The SMILES string of the molecule is [N-]=[N+]=NP(=O)(Br)Br. The third kappa shape index (κ3) is 6.50. The highest BCUT2D eigenvalue weighted by molar-refractivity contribution is 9.70. The minimum Gasteiger partial charge on any atom is -0.293 e. The van der Waals surface area contributed by atoms with E-state index in [0.717, 1.165) is 0 Å². The maximum atomic E-state index is 10.2. The summed E-state index contributed by atoms with van der Waals surface area (Å²) in [5.74, 6) is 0. The molecule has 0 aromatic rings. The second-order valence-electron chi connectivity index (χ2n) is 0.614. The van der Waals surface area contributed by atoms with Gasteiger partial charge in [0.25, 0.3) is 4.70 Å². The Kier molecular flexibility index (Phi) is 2.92. The van der Waals surface area contributed by atoms with E-state index >= 15 is 0 Å². The zero-order chi connectivity index (χ0) is 5.91. The van der Waals surface area contributed by atoms with Gasteiger partial charge in [0.2, 0.25) is 0 Å². The fourth-order valence-electron chi connectivity index (χ4n) is 0.0466. The van der Waals surface area contributed by atoms with Crippen molar-refractivity contribution >= 4 is 35.7 Å². The maximum Gasteiger partial charge on any atom is 0.293 e. The van der Waals surface area contributed by atoms with Gasteiger partial charge in [-0.2, -0.15) is 0 Å². The Labute approximate surface area is 55.8 Å². The van der Waals surface area contributed by atoms with Crippen LogP contribution in [0, 0.1) is 0 Å². The first-order chi connectivity index (χ1) is 3.06. The van der Waals surface area contributed by atoms with Gasteiger partial charge < -0.3 is 0 Å². The second-order valence-corrected chi connectivity index (χ2v) is 10.3. The molecule has 0 radical (unpaired) electrons. The van der Waals surface area contributed by atoms with Crippen LogP contribution in [0.15, 0.2) is 4.88 Å². The van der Waals surface area contributed by atoms with Crippen LogP contribution in [0.5, 0.6) is 0 Å². The largest absolute Gasteiger partial charge is 0.293 e. The van der Waals surface area contributed by atoms with Gasteiger partial charge in [-0.3, -0.25) is 4.57 Å². The summed E-state index contributed by atoms with van der Waals surface area (Å²) in [7, 11) is 0. The summed E-state index contributed by atoms with van der Waals surface area (Å²) < 4.78 is 7.40. The van der Waals surface area contributed by atoms with Gasteiger partial charge in [0.15, 0.2) is 0 Å². The van der Waals surface area contributed by atoms with Crippen LogP contribution >= 0.6 is 35.7 Å². The molecule has 0 N–H and O–H groups in total. The van der Waals surface area contributed by atoms with Gasteiger partial charge in [-0.15, -0.1) is 0 Å². The van der Waals surface area contributed by atoms with Crippen molar-refractivity contribution in [3.05, 3.63) is 10.4 Å². The van der Waals surface area contributed by atoms with Crippen LogP contribution < -0.4 is 0 Å².